The molecule has 0 rings (SSSR count). The minimum absolute atomic E-state index is 0.102. The average Bonchev–Trinajstić information content (AvgIpc) is 1.86. The Morgan fingerprint density at radius 3 is 2.45 bits per heavy atom. The first-order valence-corrected chi connectivity index (χ1v) is 4.43. The zero-order valence-electron chi connectivity index (χ0n) is 7.60. The van der Waals surface area contributed by atoms with Gasteiger partial charge in [0.05, 0.1) is 5.38 Å². The number of hydrogen-bond acceptors (Lipinski definition) is 0. The molecule has 1 heteroatoms. The molecule has 0 radical (unpaired) electrons. The van der Waals surface area contributed by atoms with E-state index in [4.69, 9.17) is 11.6 Å². The lowest BCUT2D eigenvalue weighted by molar-refractivity contribution is 0.821. The van der Waals surface area contributed by atoms with Crippen molar-refractivity contribution >= 4 is 11.6 Å². The van der Waals surface area contributed by atoms with Crippen LogP contribution in [0, 0.1) is 5.92 Å². The third-order valence-electron chi connectivity index (χ3n) is 1.40. The van der Waals surface area contributed by atoms with Crippen molar-refractivity contribution in [2.24, 2.45) is 5.92 Å². The molecule has 0 aliphatic rings. The number of hydrogen-bond donors (Lipinski definition) is 0. The molecule has 0 saturated carbocycles. The lowest BCUT2D eigenvalue weighted by Gasteiger charge is -2.04. The van der Waals surface area contributed by atoms with Crippen LogP contribution in [0.1, 0.15) is 27.2 Å². The smallest absolute Gasteiger partial charge is 0.0574 e. The molecule has 64 valence electrons. The van der Waals surface area contributed by atoms with Gasteiger partial charge in [-0.3, -0.25) is 0 Å². The van der Waals surface area contributed by atoms with Crippen molar-refractivity contribution in [3.05, 3.63) is 24.3 Å². The van der Waals surface area contributed by atoms with Gasteiger partial charge in [0.25, 0.3) is 0 Å². The van der Waals surface area contributed by atoms with Crippen LogP contribution in [0.4, 0.5) is 0 Å². The van der Waals surface area contributed by atoms with E-state index in [-0.39, 0.29) is 5.38 Å². The quantitative estimate of drug-likeness (QED) is 0.448. The van der Waals surface area contributed by atoms with Crippen molar-refractivity contribution < 1.29 is 0 Å². The summed E-state index contributed by atoms with van der Waals surface area (Å²) in [6.45, 7) is 10.1. The second-order valence-electron chi connectivity index (χ2n) is 3.22. The third-order valence-corrected chi connectivity index (χ3v) is 1.95. The molecule has 0 nitrogen and oxygen atoms in total. The van der Waals surface area contributed by atoms with Gasteiger partial charge in [0, 0.05) is 0 Å². The molecule has 0 bridgehead atoms. The van der Waals surface area contributed by atoms with E-state index in [1.807, 2.05) is 6.92 Å². The summed E-state index contributed by atoms with van der Waals surface area (Å²) in [6.07, 6.45) is 5.18. The van der Waals surface area contributed by atoms with Crippen molar-refractivity contribution in [2.75, 3.05) is 0 Å². The van der Waals surface area contributed by atoms with Gasteiger partial charge in [-0.05, 0) is 19.3 Å². The summed E-state index contributed by atoms with van der Waals surface area (Å²) in [6, 6.07) is 0. The van der Waals surface area contributed by atoms with Crippen LogP contribution < -0.4 is 0 Å². The van der Waals surface area contributed by atoms with Crippen molar-refractivity contribution in [3.63, 3.8) is 0 Å². The van der Waals surface area contributed by atoms with Gasteiger partial charge in [-0.2, -0.15) is 0 Å². The van der Waals surface area contributed by atoms with Gasteiger partial charge in [0.15, 0.2) is 0 Å². The SMILES string of the molecule is C=C(C)C(Cl)C/C=C/C(C)C. The summed E-state index contributed by atoms with van der Waals surface area (Å²) in [7, 11) is 0. The lowest BCUT2D eigenvalue weighted by atomic mass is 10.1. The molecule has 1 unspecified atom stereocenters. The molecule has 0 saturated heterocycles. The molecule has 1 atom stereocenters. The van der Waals surface area contributed by atoms with E-state index in [9.17, 15) is 0 Å². The molecule has 0 aromatic rings. The van der Waals surface area contributed by atoms with Crippen LogP contribution in [-0.2, 0) is 0 Å². The van der Waals surface area contributed by atoms with E-state index in [1.165, 1.54) is 0 Å². The van der Waals surface area contributed by atoms with E-state index in [1.54, 1.807) is 0 Å². The summed E-state index contributed by atoms with van der Waals surface area (Å²) < 4.78 is 0. The number of halogens is 1. The van der Waals surface area contributed by atoms with E-state index >= 15 is 0 Å². The van der Waals surface area contributed by atoms with Crippen molar-refractivity contribution in [3.8, 4) is 0 Å². The summed E-state index contributed by atoms with van der Waals surface area (Å²) >= 11 is 5.95. The number of allylic oxidation sites excluding steroid dienone is 3. The van der Waals surface area contributed by atoms with Crippen molar-refractivity contribution in [2.45, 2.75) is 32.6 Å². The maximum absolute atomic E-state index is 5.95. The maximum atomic E-state index is 5.95. The Bertz CT molecular complexity index is 145. The Morgan fingerprint density at radius 1 is 1.55 bits per heavy atom. The molecule has 0 spiro atoms. The second-order valence-corrected chi connectivity index (χ2v) is 3.75. The fourth-order valence-electron chi connectivity index (χ4n) is 0.671. The first-order valence-electron chi connectivity index (χ1n) is 4.00. The van der Waals surface area contributed by atoms with Crippen molar-refractivity contribution in [1.29, 1.82) is 0 Å². The van der Waals surface area contributed by atoms with Crippen LogP contribution in [0.3, 0.4) is 0 Å². The Labute approximate surface area is 74.9 Å². The molecule has 0 fully saturated rings. The Kier molecular flexibility index (Phi) is 5.31. The zero-order valence-corrected chi connectivity index (χ0v) is 8.36. The largest absolute Gasteiger partial charge is 0.118 e. The van der Waals surface area contributed by atoms with E-state index < -0.39 is 0 Å². The average molecular weight is 173 g/mol. The molecule has 0 amide bonds. The van der Waals surface area contributed by atoms with Gasteiger partial charge >= 0.3 is 0 Å². The Morgan fingerprint density at radius 2 is 2.09 bits per heavy atom. The third kappa shape index (κ3) is 6.18. The van der Waals surface area contributed by atoms with Gasteiger partial charge < -0.3 is 0 Å². The Balaban J connectivity index is 3.61. The van der Waals surface area contributed by atoms with Gasteiger partial charge in [0.2, 0.25) is 0 Å². The predicted molar refractivity (Wildman–Crippen MR) is 53.1 cm³/mol. The summed E-state index contributed by atoms with van der Waals surface area (Å²) in [5.41, 5.74) is 1.04. The van der Waals surface area contributed by atoms with Gasteiger partial charge in [-0.25, -0.2) is 0 Å². The predicted octanol–water partition coefficient (Wildman–Crippen LogP) is 3.77. The van der Waals surface area contributed by atoms with Crippen LogP contribution in [0.15, 0.2) is 24.3 Å². The van der Waals surface area contributed by atoms with Gasteiger partial charge in [-0.15, -0.1) is 11.6 Å². The van der Waals surface area contributed by atoms with Crippen LogP contribution in [0.25, 0.3) is 0 Å². The highest BCUT2D eigenvalue weighted by Crippen LogP contribution is 2.12. The van der Waals surface area contributed by atoms with Crippen LogP contribution in [0.5, 0.6) is 0 Å². The minimum Gasteiger partial charge on any atom is -0.118 e. The second kappa shape index (κ2) is 5.42. The fraction of sp³-hybridized carbons (Fsp3) is 0.600. The first kappa shape index (κ1) is 10.8. The topological polar surface area (TPSA) is 0 Å². The highest BCUT2D eigenvalue weighted by molar-refractivity contribution is 6.22. The summed E-state index contributed by atoms with van der Waals surface area (Å²) in [5, 5.41) is 0.102. The summed E-state index contributed by atoms with van der Waals surface area (Å²) in [4.78, 5) is 0. The normalized spacial score (nSPS) is 14.3. The first-order chi connectivity index (χ1) is 5.04. The highest BCUT2D eigenvalue weighted by Gasteiger charge is 2.00. The van der Waals surface area contributed by atoms with E-state index in [0.29, 0.717) is 5.92 Å². The molecular weight excluding hydrogens is 156 g/mol. The molecule has 0 aliphatic heterocycles. The molecule has 0 heterocycles. The van der Waals surface area contributed by atoms with Crippen LogP contribution in [0.2, 0.25) is 0 Å². The van der Waals surface area contributed by atoms with E-state index in [0.717, 1.165) is 12.0 Å². The molecular formula is C10H17Cl. The molecule has 0 aromatic heterocycles. The molecule has 0 aliphatic carbocycles. The van der Waals surface area contributed by atoms with Gasteiger partial charge in [-0.1, -0.05) is 38.2 Å². The number of rotatable bonds is 4. The van der Waals surface area contributed by atoms with Crippen LogP contribution in [-0.4, -0.2) is 5.38 Å². The minimum atomic E-state index is 0.102. The fourth-order valence-corrected chi connectivity index (χ4v) is 0.774. The lowest BCUT2D eigenvalue weighted by Crippen LogP contribution is -1.96. The van der Waals surface area contributed by atoms with E-state index in [2.05, 4.69) is 32.6 Å². The van der Waals surface area contributed by atoms with Crippen LogP contribution >= 0.6 is 11.6 Å². The standard InChI is InChI=1S/C10H17Cl/c1-8(2)6-5-7-10(11)9(3)4/h5-6,8,10H,3,7H2,1-2,4H3/b6-5+. The molecule has 0 N–H and O–H groups in total. The molecule has 11 heavy (non-hydrogen) atoms. The maximum Gasteiger partial charge on any atom is 0.0574 e. The molecule has 0 aromatic carbocycles. The number of alkyl halides is 1. The Hall–Kier alpha value is -0.230. The van der Waals surface area contributed by atoms with Gasteiger partial charge in [0.1, 0.15) is 0 Å². The summed E-state index contributed by atoms with van der Waals surface area (Å²) in [5.74, 6) is 0.615. The van der Waals surface area contributed by atoms with Crippen molar-refractivity contribution in [1.82, 2.24) is 0 Å². The zero-order chi connectivity index (χ0) is 8.85. The monoisotopic (exact) mass is 172 g/mol. The highest BCUT2D eigenvalue weighted by atomic mass is 35.5.